The van der Waals surface area contributed by atoms with Crippen LogP contribution >= 0.6 is 0 Å². The standard InChI is InChI=1S/C19H18F2N2O5/c1-27-16-5-3-2-4-13(16)19(26)22-9-8-18(25)28-11-17(24)23-12-6-7-14(20)15(21)10-12/h2-7,10H,8-9,11H2,1H3,(H,22,26)(H,23,24). The summed E-state index contributed by atoms with van der Waals surface area (Å²) in [5.41, 5.74) is 0.355. The number of nitrogens with one attached hydrogen (secondary N) is 2. The lowest BCUT2D eigenvalue weighted by atomic mass is 10.2. The molecular weight excluding hydrogens is 374 g/mol. The lowest BCUT2D eigenvalue weighted by molar-refractivity contribution is -0.147. The van der Waals surface area contributed by atoms with E-state index >= 15 is 0 Å². The summed E-state index contributed by atoms with van der Waals surface area (Å²) in [6, 6.07) is 9.45. The van der Waals surface area contributed by atoms with Gasteiger partial charge in [0.05, 0.1) is 19.1 Å². The third-order valence-corrected chi connectivity index (χ3v) is 3.53. The van der Waals surface area contributed by atoms with E-state index in [1.807, 2.05) is 0 Å². The van der Waals surface area contributed by atoms with Gasteiger partial charge in [-0.05, 0) is 24.3 Å². The maximum Gasteiger partial charge on any atom is 0.308 e. The molecule has 7 nitrogen and oxygen atoms in total. The number of amides is 2. The van der Waals surface area contributed by atoms with Crippen molar-refractivity contribution >= 4 is 23.5 Å². The predicted octanol–water partition coefficient (Wildman–Crippen LogP) is 2.28. The Labute approximate surface area is 159 Å². The van der Waals surface area contributed by atoms with E-state index in [2.05, 4.69) is 10.6 Å². The van der Waals surface area contributed by atoms with Gasteiger partial charge in [-0.3, -0.25) is 14.4 Å². The van der Waals surface area contributed by atoms with Crippen molar-refractivity contribution in [1.82, 2.24) is 5.32 Å². The molecule has 0 radical (unpaired) electrons. The van der Waals surface area contributed by atoms with Gasteiger partial charge in [-0.2, -0.15) is 0 Å². The van der Waals surface area contributed by atoms with Crippen molar-refractivity contribution in [2.24, 2.45) is 0 Å². The van der Waals surface area contributed by atoms with E-state index in [1.165, 1.54) is 13.2 Å². The summed E-state index contributed by atoms with van der Waals surface area (Å²) in [7, 11) is 1.44. The topological polar surface area (TPSA) is 93.7 Å². The number of rotatable bonds is 8. The highest BCUT2D eigenvalue weighted by Gasteiger charge is 2.13. The van der Waals surface area contributed by atoms with Crippen molar-refractivity contribution < 1.29 is 32.6 Å². The quantitative estimate of drug-likeness (QED) is 0.673. The van der Waals surface area contributed by atoms with Gasteiger partial charge in [0.2, 0.25) is 0 Å². The molecule has 9 heteroatoms. The molecule has 0 saturated heterocycles. The van der Waals surface area contributed by atoms with Crippen LogP contribution in [-0.2, 0) is 14.3 Å². The van der Waals surface area contributed by atoms with Gasteiger partial charge in [0.25, 0.3) is 11.8 Å². The highest BCUT2D eigenvalue weighted by Crippen LogP contribution is 2.16. The van der Waals surface area contributed by atoms with Crippen LogP contribution in [0.25, 0.3) is 0 Å². The third kappa shape index (κ3) is 6.04. The first-order valence-electron chi connectivity index (χ1n) is 8.22. The van der Waals surface area contributed by atoms with Crippen molar-refractivity contribution in [3.63, 3.8) is 0 Å². The van der Waals surface area contributed by atoms with Gasteiger partial charge in [0.1, 0.15) is 5.75 Å². The molecule has 2 aromatic rings. The molecule has 2 amide bonds. The molecule has 0 aromatic heterocycles. The molecule has 28 heavy (non-hydrogen) atoms. The van der Waals surface area contributed by atoms with E-state index in [4.69, 9.17) is 9.47 Å². The van der Waals surface area contributed by atoms with Gasteiger partial charge in [0, 0.05) is 18.3 Å². The molecule has 0 unspecified atom stereocenters. The summed E-state index contributed by atoms with van der Waals surface area (Å²) in [4.78, 5) is 35.4. The molecule has 148 valence electrons. The molecule has 0 atom stereocenters. The van der Waals surface area contributed by atoms with Gasteiger partial charge in [-0.25, -0.2) is 8.78 Å². The zero-order valence-corrected chi connectivity index (χ0v) is 15.0. The Balaban J connectivity index is 1.71. The first-order chi connectivity index (χ1) is 13.4. The summed E-state index contributed by atoms with van der Waals surface area (Å²) >= 11 is 0. The second-order valence-corrected chi connectivity index (χ2v) is 5.54. The van der Waals surface area contributed by atoms with E-state index in [-0.39, 0.29) is 18.7 Å². The van der Waals surface area contributed by atoms with Crippen molar-refractivity contribution in [1.29, 1.82) is 0 Å². The zero-order valence-electron chi connectivity index (χ0n) is 15.0. The predicted molar refractivity (Wildman–Crippen MR) is 95.9 cm³/mol. The Morgan fingerprint density at radius 2 is 1.79 bits per heavy atom. The SMILES string of the molecule is COc1ccccc1C(=O)NCCC(=O)OCC(=O)Nc1ccc(F)c(F)c1. The number of hydrogen-bond donors (Lipinski definition) is 2. The fraction of sp³-hybridized carbons (Fsp3) is 0.211. The van der Waals surface area contributed by atoms with Crippen molar-refractivity contribution in [3.05, 3.63) is 59.7 Å². The van der Waals surface area contributed by atoms with Crippen LogP contribution in [0.15, 0.2) is 42.5 Å². The maximum atomic E-state index is 13.1. The van der Waals surface area contributed by atoms with E-state index in [0.717, 1.165) is 12.1 Å². The average Bonchev–Trinajstić information content (AvgIpc) is 2.69. The Kier molecular flexibility index (Phi) is 7.44. The minimum absolute atomic E-state index is 0.000504. The van der Waals surface area contributed by atoms with E-state index in [9.17, 15) is 23.2 Å². The molecule has 0 aliphatic heterocycles. The molecule has 0 aliphatic carbocycles. The van der Waals surface area contributed by atoms with Crippen molar-refractivity contribution in [2.75, 3.05) is 25.6 Å². The number of halogens is 2. The molecule has 0 saturated carbocycles. The fourth-order valence-corrected chi connectivity index (χ4v) is 2.19. The molecule has 0 bridgehead atoms. The van der Waals surface area contributed by atoms with Crippen LogP contribution < -0.4 is 15.4 Å². The van der Waals surface area contributed by atoms with Crippen LogP contribution in [-0.4, -0.2) is 38.0 Å². The van der Waals surface area contributed by atoms with Crippen LogP contribution in [0.3, 0.4) is 0 Å². The van der Waals surface area contributed by atoms with E-state index in [1.54, 1.807) is 24.3 Å². The number of benzene rings is 2. The molecule has 0 spiro atoms. The van der Waals surface area contributed by atoms with Crippen LogP contribution in [0.5, 0.6) is 5.75 Å². The summed E-state index contributed by atoms with van der Waals surface area (Å²) in [5, 5.41) is 4.81. The number of anilines is 1. The van der Waals surface area contributed by atoms with Crippen LogP contribution in [0.1, 0.15) is 16.8 Å². The Morgan fingerprint density at radius 1 is 1.04 bits per heavy atom. The number of ether oxygens (including phenoxy) is 2. The summed E-state index contributed by atoms with van der Waals surface area (Å²) in [6.07, 6.45) is -0.153. The largest absolute Gasteiger partial charge is 0.496 e. The molecule has 0 heterocycles. The van der Waals surface area contributed by atoms with Gasteiger partial charge >= 0.3 is 5.97 Å². The summed E-state index contributed by atoms with van der Waals surface area (Å²) in [6.45, 7) is -0.598. The van der Waals surface area contributed by atoms with Crippen LogP contribution in [0.2, 0.25) is 0 Å². The minimum Gasteiger partial charge on any atom is -0.496 e. The van der Waals surface area contributed by atoms with Gasteiger partial charge < -0.3 is 20.1 Å². The van der Waals surface area contributed by atoms with Crippen molar-refractivity contribution in [3.8, 4) is 5.75 Å². The number of para-hydroxylation sites is 1. The second kappa shape index (κ2) is 10.0. The average molecular weight is 392 g/mol. The number of esters is 1. The lowest BCUT2D eigenvalue weighted by Gasteiger charge is -2.09. The Bertz CT molecular complexity index is 873. The molecule has 2 rings (SSSR count). The smallest absolute Gasteiger partial charge is 0.308 e. The normalized spacial score (nSPS) is 10.1. The van der Waals surface area contributed by atoms with Gasteiger partial charge in [-0.15, -0.1) is 0 Å². The highest BCUT2D eigenvalue weighted by atomic mass is 19.2. The maximum absolute atomic E-state index is 13.1. The first-order valence-corrected chi connectivity index (χ1v) is 8.22. The molecular formula is C19H18F2N2O5. The summed E-state index contributed by atoms with van der Waals surface area (Å²) < 4.78 is 35.7. The Hall–Kier alpha value is -3.49. The fourth-order valence-electron chi connectivity index (χ4n) is 2.19. The number of carbonyl (C=O) groups excluding carboxylic acids is 3. The van der Waals surface area contributed by atoms with Gasteiger partial charge in [0.15, 0.2) is 18.2 Å². The Morgan fingerprint density at radius 3 is 2.50 bits per heavy atom. The van der Waals surface area contributed by atoms with Crippen LogP contribution in [0, 0.1) is 11.6 Å². The number of hydrogen-bond acceptors (Lipinski definition) is 5. The number of carbonyl (C=O) groups is 3. The zero-order chi connectivity index (χ0) is 20.5. The monoisotopic (exact) mass is 392 g/mol. The highest BCUT2D eigenvalue weighted by molar-refractivity contribution is 5.97. The van der Waals surface area contributed by atoms with E-state index in [0.29, 0.717) is 11.3 Å². The van der Waals surface area contributed by atoms with Crippen LogP contribution in [0.4, 0.5) is 14.5 Å². The molecule has 0 aliphatic rings. The van der Waals surface area contributed by atoms with E-state index < -0.39 is 36.0 Å². The lowest BCUT2D eigenvalue weighted by Crippen LogP contribution is -2.28. The molecule has 0 fully saturated rings. The third-order valence-electron chi connectivity index (χ3n) is 3.53. The first kappa shape index (κ1) is 20.8. The summed E-state index contributed by atoms with van der Waals surface area (Å²) in [5.74, 6) is -3.59. The molecule has 2 N–H and O–H groups in total. The van der Waals surface area contributed by atoms with Crippen molar-refractivity contribution in [2.45, 2.75) is 6.42 Å². The molecule has 2 aromatic carbocycles. The minimum atomic E-state index is -1.11. The number of methoxy groups -OCH3 is 1. The van der Waals surface area contributed by atoms with Gasteiger partial charge in [-0.1, -0.05) is 12.1 Å². The second-order valence-electron chi connectivity index (χ2n) is 5.54.